The molecule has 28 heavy (non-hydrogen) atoms. The molecule has 7 heteroatoms. The summed E-state index contributed by atoms with van der Waals surface area (Å²) in [5, 5.41) is 22.1. The Bertz CT molecular complexity index is 731. The number of nitrogens with one attached hydrogen (secondary N) is 1. The van der Waals surface area contributed by atoms with Gasteiger partial charge in [0, 0.05) is 31.8 Å². The van der Waals surface area contributed by atoms with Crippen LogP contribution in [-0.4, -0.2) is 61.4 Å². The standard InChI is InChI=1S/C21H29N3O4/c1-15-11-17(20-19(12-15)27-9-4-10-28-20)21(26)23-13-16-5-8-24(14-18(16)25)7-3-2-6-22/h11-12,16,18,25H,2-5,7-10,13-14H2,1H3,(H,23,26). The number of likely N-dealkylation sites (tertiary alicyclic amines) is 1. The Kier molecular flexibility index (Phi) is 7.12. The highest BCUT2D eigenvalue weighted by Crippen LogP contribution is 2.34. The smallest absolute Gasteiger partial charge is 0.255 e. The largest absolute Gasteiger partial charge is 0.490 e. The fourth-order valence-corrected chi connectivity index (χ4v) is 3.77. The minimum Gasteiger partial charge on any atom is -0.490 e. The molecule has 1 aromatic carbocycles. The van der Waals surface area contributed by atoms with E-state index < -0.39 is 6.10 Å². The molecule has 0 radical (unpaired) electrons. The zero-order chi connectivity index (χ0) is 19.9. The van der Waals surface area contributed by atoms with Gasteiger partial charge in [-0.1, -0.05) is 0 Å². The van der Waals surface area contributed by atoms with Crippen molar-refractivity contribution < 1.29 is 19.4 Å². The van der Waals surface area contributed by atoms with Gasteiger partial charge in [-0.25, -0.2) is 0 Å². The van der Waals surface area contributed by atoms with E-state index in [4.69, 9.17) is 14.7 Å². The molecule has 0 spiro atoms. The van der Waals surface area contributed by atoms with Gasteiger partial charge in [0.25, 0.3) is 5.91 Å². The van der Waals surface area contributed by atoms with Gasteiger partial charge >= 0.3 is 0 Å². The molecule has 2 atom stereocenters. The van der Waals surface area contributed by atoms with E-state index in [0.29, 0.717) is 49.8 Å². The molecule has 0 aromatic heterocycles. The third-order valence-electron chi connectivity index (χ3n) is 5.33. The van der Waals surface area contributed by atoms with Crippen molar-refractivity contribution in [1.29, 1.82) is 5.26 Å². The highest BCUT2D eigenvalue weighted by Gasteiger charge is 2.28. The van der Waals surface area contributed by atoms with Gasteiger partial charge < -0.3 is 24.8 Å². The summed E-state index contributed by atoms with van der Waals surface area (Å²) in [6.45, 7) is 5.75. The number of carbonyl (C=O) groups excluding carboxylic acids is 1. The summed E-state index contributed by atoms with van der Waals surface area (Å²) in [4.78, 5) is 15.0. The molecular formula is C21H29N3O4. The lowest BCUT2D eigenvalue weighted by molar-refractivity contribution is 0.0219. The maximum Gasteiger partial charge on any atom is 0.255 e. The first-order valence-electron chi connectivity index (χ1n) is 10.0. The Balaban J connectivity index is 1.56. The van der Waals surface area contributed by atoms with Crippen LogP contribution in [0.3, 0.4) is 0 Å². The molecule has 2 N–H and O–H groups in total. The van der Waals surface area contributed by atoms with Crippen LogP contribution in [0.25, 0.3) is 0 Å². The van der Waals surface area contributed by atoms with Crippen molar-refractivity contribution in [2.75, 3.05) is 39.4 Å². The maximum absolute atomic E-state index is 12.8. The predicted molar refractivity (Wildman–Crippen MR) is 105 cm³/mol. The molecule has 2 aliphatic heterocycles. The number of aliphatic hydroxyl groups is 1. The number of β-amino-alcohol motifs (C(OH)–C–C–N with tert-alkyl or cyclic N) is 1. The number of ether oxygens (including phenoxy) is 2. The van der Waals surface area contributed by atoms with E-state index in [9.17, 15) is 9.90 Å². The molecule has 3 rings (SSSR count). The number of carbonyl (C=O) groups is 1. The summed E-state index contributed by atoms with van der Waals surface area (Å²) in [5.41, 5.74) is 1.43. The summed E-state index contributed by atoms with van der Waals surface area (Å²) < 4.78 is 11.5. The van der Waals surface area contributed by atoms with Crippen LogP contribution in [0.4, 0.5) is 0 Å². The Morgan fingerprint density at radius 3 is 3.00 bits per heavy atom. The zero-order valence-electron chi connectivity index (χ0n) is 16.4. The van der Waals surface area contributed by atoms with Crippen LogP contribution in [0, 0.1) is 24.2 Å². The Hall–Kier alpha value is -2.30. The molecule has 1 amide bonds. The van der Waals surface area contributed by atoms with Gasteiger partial charge in [-0.3, -0.25) is 4.79 Å². The molecule has 0 saturated carbocycles. The van der Waals surface area contributed by atoms with Crippen LogP contribution < -0.4 is 14.8 Å². The number of hydrogen-bond acceptors (Lipinski definition) is 6. The molecule has 1 aromatic rings. The van der Waals surface area contributed by atoms with Crippen LogP contribution in [0.2, 0.25) is 0 Å². The van der Waals surface area contributed by atoms with Gasteiger partial charge in [-0.2, -0.15) is 5.26 Å². The third kappa shape index (κ3) is 5.15. The number of aliphatic hydroxyl groups excluding tert-OH is 1. The molecule has 0 aliphatic carbocycles. The average molecular weight is 387 g/mol. The molecule has 0 bridgehead atoms. The molecule has 2 unspecified atom stereocenters. The Morgan fingerprint density at radius 1 is 1.39 bits per heavy atom. The van der Waals surface area contributed by atoms with Crippen molar-refractivity contribution in [2.24, 2.45) is 5.92 Å². The number of benzene rings is 1. The van der Waals surface area contributed by atoms with Crippen molar-refractivity contribution in [3.05, 3.63) is 23.3 Å². The number of hydrogen-bond donors (Lipinski definition) is 2. The van der Waals surface area contributed by atoms with Crippen molar-refractivity contribution in [3.8, 4) is 17.6 Å². The molecule has 1 fully saturated rings. The van der Waals surface area contributed by atoms with Crippen molar-refractivity contribution >= 4 is 5.91 Å². The molecule has 2 heterocycles. The number of rotatable bonds is 6. The first-order valence-corrected chi connectivity index (χ1v) is 10.0. The lowest BCUT2D eigenvalue weighted by Gasteiger charge is -2.36. The van der Waals surface area contributed by atoms with Gasteiger partial charge in [0.2, 0.25) is 0 Å². The number of aryl methyl sites for hydroxylation is 1. The second-order valence-electron chi connectivity index (χ2n) is 7.58. The van der Waals surface area contributed by atoms with Crippen LogP contribution in [-0.2, 0) is 0 Å². The normalized spacial score (nSPS) is 22.2. The lowest BCUT2D eigenvalue weighted by Crippen LogP contribution is -2.47. The third-order valence-corrected chi connectivity index (χ3v) is 5.33. The Morgan fingerprint density at radius 2 is 2.21 bits per heavy atom. The molecule has 2 aliphatic rings. The van der Waals surface area contributed by atoms with E-state index in [0.717, 1.165) is 37.9 Å². The minimum atomic E-state index is -0.481. The van der Waals surface area contributed by atoms with Crippen LogP contribution in [0.1, 0.15) is 41.6 Å². The average Bonchev–Trinajstić information content (AvgIpc) is 2.92. The van der Waals surface area contributed by atoms with E-state index in [1.807, 2.05) is 19.1 Å². The summed E-state index contributed by atoms with van der Waals surface area (Å²) in [6, 6.07) is 5.86. The summed E-state index contributed by atoms with van der Waals surface area (Å²) in [5.74, 6) is 0.952. The summed E-state index contributed by atoms with van der Waals surface area (Å²) >= 11 is 0. The number of fused-ring (bicyclic) bond motifs is 1. The lowest BCUT2D eigenvalue weighted by atomic mass is 9.93. The highest BCUT2D eigenvalue weighted by atomic mass is 16.5. The van der Waals surface area contributed by atoms with E-state index in [-0.39, 0.29) is 11.8 Å². The number of nitrogens with zero attached hydrogens (tertiary/aromatic N) is 2. The maximum atomic E-state index is 12.8. The second-order valence-corrected chi connectivity index (χ2v) is 7.58. The molecule has 1 saturated heterocycles. The number of nitriles is 1. The second kappa shape index (κ2) is 9.76. The summed E-state index contributed by atoms with van der Waals surface area (Å²) in [7, 11) is 0. The fourth-order valence-electron chi connectivity index (χ4n) is 3.77. The van der Waals surface area contributed by atoms with Crippen LogP contribution in [0.5, 0.6) is 11.5 Å². The molecule has 152 valence electrons. The van der Waals surface area contributed by atoms with Crippen molar-refractivity contribution in [3.63, 3.8) is 0 Å². The number of piperidine rings is 1. The van der Waals surface area contributed by atoms with Gasteiger partial charge in [0.15, 0.2) is 11.5 Å². The quantitative estimate of drug-likeness (QED) is 0.724. The van der Waals surface area contributed by atoms with Crippen molar-refractivity contribution in [1.82, 2.24) is 10.2 Å². The van der Waals surface area contributed by atoms with Crippen LogP contribution >= 0.6 is 0 Å². The van der Waals surface area contributed by atoms with E-state index in [2.05, 4.69) is 16.3 Å². The van der Waals surface area contributed by atoms with Gasteiger partial charge in [0.05, 0.1) is 31.0 Å². The van der Waals surface area contributed by atoms with Crippen molar-refractivity contribution in [2.45, 2.75) is 38.7 Å². The highest BCUT2D eigenvalue weighted by molar-refractivity contribution is 5.98. The van der Waals surface area contributed by atoms with E-state index in [1.165, 1.54) is 0 Å². The van der Waals surface area contributed by atoms with E-state index >= 15 is 0 Å². The first kappa shape index (κ1) is 20.4. The number of amides is 1. The number of unbranched alkanes of at least 4 members (excludes halogenated alkanes) is 1. The van der Waals surface area contributed by atoms with Gasteiger partial charge in [0.1, 0.15) is 0 Å². The minimum absolute atomic E-state index is 0.0248. The molecular weight excluding hydrogens is 358 g/mol. The summed E-state index contributed by atoms with van der Waals surface area (Å²) in [6.07, 6.45) is 2.49. The SMILES string of the molecule is Cc1cc2c(c(C(=O)NCC3CCN(CCCC#N)CC3O)c1)OCCCO2. The predicted octanol–water partition coefficient (Wildman–Crippen LogP) is 1.87. The zero-order valence-corrected chi connectivity index (χ0v) is 16.4. The van der Waals surface area contributed by atoms with E-state index in [1.54, 1.807) is 0 Å². The van der Waals surface area contributed by atoms with Crippen LogP contribution in [0.15, 0.2) is 12.1 Å². The monoisotopic (exact) mass is 387 g/mol. The van der Waals surface area contributed by atoms with Gasteiger partial charge in [-0.15, -0.1) is 0 Å². The first-order chi connectivity index (χ1) is 13.6. The molecule has 7 nitrogen and oxygen atoms in total. The topological polar surface area (TPSA) is 94.8 Å². The van der Waals surface area contributed by atoms with Gasteiger partial charge in [-0.05, 0) is 50.6 Å². The Labute approximate surface area is 166 Å². The fraction of sp³-hybridized carbons (Fsp3) is 0.619.